The fraction of sp³-hybridized carbons (Fsp3) is 0.280. The Hall–Kier alpha value is -4.19. The molecule has 15 heteroatoms. The Labute approximate surface area is 233 Å². The first-order valence-electron chi connectivity index (χ1n) is 11.8. The molecule has 1 aliphatic heterocycles. The van der Waals surface area contributed by atoms with Crippen molar-refractivity contribution < 1.29 is 32.3 Å². The molecule has 40 heavy (non-hydrogen) atoms. The first-order valence-corrected chi connectivity index (χ1v) is 14.0. The molecule has 1 fully saturated rings. The Balaban J connectivity index is 1.69. The molecule has 1 N–H and O–H groups in total. The van der Waals surface area contributed by atoms with Crippen molar-refractivity contribution >= 4 is 27.3 Å². The molecule has 0 spiro atoms. The Morgan fingerprint density at radius 3 is 2.55 bits per heavy atom. The van der Waals surface area contributed by atoms with E-state index in [1.165, 1.54) is 28.8 Å². The quantitative estimate of drug-likeness (QED) is 0.181. The average Bonchev–Trinajstić information content (AvgIpc) is 3.29. The molecule has 0 saturated carbocycles. The van der Waals surface area contributed by atoms with Crippen molar-refractivity contribution in [3.05, 3.63) is 74.7 Å². The number of halogens is 2. The minimum atomic E-state index is -3.15. The van der Waals surface area contributed by atoms with Gasteiger partial charge in [-0.05, 0) is 42.5 Å². The van der Waals surface area contributed by atoms with Crippen molar-refractivity contribution in [2.24, 2.45) is 0 Å². The van der Waals surface area contributed by atoms with Crippen molar-refractivity contribution in [3.63, 3.8) is 0 Å². The van der Waals surface area contributed by atoms with E-state index in [0.29, 0.717) is 16.8 Å². The number of hydrogen-bond acceptors (Lipinski definition) is 9. The van der Waals surface area contributed by atoms with E-state index < -0.39 is 26.6 Å². The van der Waals surface area contributed by atoms with Crippen LogP contribution in [0.25, 0.3) is 17.1 Å². The second-order valence-electron chi connectivity index (χ2n) is 8.49. The first-order chi connectivity index (χ1) is 19.1. The number of ether oxygens (including phenoxy) is 1. The van der Waals surface area contributed by atoms with E-state index in [1.54, 1.807) is 24.3 Å². The van der Waals surface area contributed by atoms with E-state index in [1.807, 2.05) is 0 Å². The second-order valence-corrected chi connectivity index (χ2v) is 11.2. The first kappa shape index (κ1) is 28.8. The summed E-state index contributed by atoms with van der Waals surface area (Å²) in [5.41, 5.74) is 4.04. The lowest BCUT2D eigenvalue weighted by molar-refractivity contribution is -0.757. The van der Waals surface area contributed by atoms with Gasteiger partial charge in [-0.2, -0.15) is 0 Å². The van der Waals surface area contributed by atoms with E-state index >= 15 is 0 Å². The summed E-state index contributed by atoms with van der Waals surface area (Å²) in [7, 11) is -1.79. The smallest absolute Gasteiger partial charge is 0.294 e. The van der Waals surface area contributed by atoms with Gasteiger partial charge in [0, 0.05) is 30.6 Å². The topological polar surface area (TPSA) is 146 Å². The molecular formula is C25H23ClFN5O7S. The standard InChI is InChI=1S/C25H23ClFN5O7S/c1-38-25-22(24(33)29-30-11-14-40(36,37)15-12-30)28-23(20-10-7-18(27)16-21(20)26)31(25)19-8-5-17(6-9-19)4-2-3-13-39-32(34)35/h5-10,16H,3,11-15H2,1H3,(H,29,33). The summed E-state index contributed by atoms with van der Waals surface area (Å²) in [5, 5.41) is 10.9. The van der Waals surface area contributed by atoms with Gasteiger partial charge in [0.15, 0.2) is 15.5 Å². The fourth-order valence-electron chi connectivity index (χ4n) is 3.88. The number of amides is 1. The maximum atomic E-state index is 13.8. The molecule has 12 nitrogen and oxygen atoms in total. The third-order valence-electron chi connectivity index (χ3n) is 5.80. The van der Waals surface area contributed by atoms with Crippen molar-refractivity contribution in [3.8, 4) is 34.8 Å². The molecule has 4 rings (SSSR count). The number of sulfone groups is 1. The van der Waals surface area contributed by atoms with Crippen molar-refractivity contribution in [2.45, 2.75) is 6.42 Å². The zero-order valence-corrected chi connectivity index (χ0v) is 22.7. The highest BCUT2D eigenvalue weighted by molar-refractivity contribution is 7.91. The number of hydrogen-bond donors (Lipinski definition) is 1. The van der Waals surface area contributed by atoms with Gasteiger partial charge in [-0.1, -0.05) is 23.4 Å². The van der Waals surface area contributed by atoms with Gasteiger partial charge in [-0.3, -0.25) is 14.8 Å². The highest BCUT2D eigenvalue weighted by atomic mass is 35.5. The molecule has 0 aliphatic carbocycles. The van der Waals surface area contributed by atoms with Crippen molar-refractivity contribution in [2.75, 3.05) is 38.3 Å². The van der Waals surface area contributed by atoms with Gasteiger partial charge < -0.3 is 9.57 Å². The number of imidazole rings is 1. The molecule has 1 saturated heterocycles. The van der Waals surface area contributed by atoms with Crippen LogP contribution in [-0.4, -0.2) is 72.3 Å². The Bertz CT molecular complexity index is 1590. The molecular weight excluding hydrogens is 569 g/mol. The van der Waals surface area contributed by atoms with Crippen LogP contribution in [0.1, 0.15) is 22.5 Å². The number of aromatic nitrogens is 2. The lowest BCUT2D eigenvalue weighted by Gasteiger charge is -2.26. The summed E-state index contributed by atoms with van der Waals surface area (Å²) in [6.45, 7) is 0.0903. The number of nitrogens with zero attached hydrogens (tertiary/aromatic N) is 4. The van der Waals surface area contributed by atoms with Crippen LogP contribution in [0.15, 0.2) is 42.5 Å². The molecule has 0 atom stereocenters. The largest absolute Gasteiger partial charge is 0.480 e. The molecule has 3 aromatic rings. The zero-order chi connectivity index (χ0) is 28.9. The Morgan fingerprint density at radius 1 is 1.23 bits per heavy atom. The van der Waals surface area contributed by atoms with Crippen LogP contribution in [0.5, 0.6) is 5.88 Å². The van der Waals surface area contributed by atoms with Crippen LogP contribution >= 0.6 is 11.6 Å². The fourth-order valence-corrected chi connectivity index (χ4v) is 5.34. The van der Waals surface area contributed by atoms with Crippen LogP contribution in [0.3, 0.4) is 0 Å². The lowest BCUT2D eigenvalue weighted by atomic mass is 10.1. The van der Waals surface area contributed by atoms with Crippen molar-refractivity contribution in [1.29, 1.82) is 0 Å². The van der Waals surface area contributed by atoms with Gasteiger partial charge in [0.05, 0.1) is 29.3 Å². The van der Waals surface area contributed by atoms with Gasteiger partial charge in [-0.15, -0.1) is 10.1 Å². The molecule has 1 amide bonds. The van der Waals surface area contributed by atoms with Crippen LogP contribution < -0.4 is 10.2 Å². The predicted molar refractivity (Wildman–Crippen MR) is 143 cm³/mol. The minimum Gasteiger partial charge on any atom is -0.480 e. The maximum Gasteiger partial charge on any atom is 0.294 e. The number of benzene rings is 2. The highest BCUT2D eigenvalue weighted by Crippen LogP contribution is 2.35. The second kappa shape index (κ2) is 12.3. The monoisotopic (exact) mass is 591 g/mol. The van der Waals surface area contributed by atoms with Crippen LogP contribution in [0, 0.1) is 27.8 Å². The molecule has 0 radical (unpaired) electrons. The lowest BCUT2D eigenvalue weighted by Crippen LogP contribution is -2.50. The molecule has 1 aliphatic rings. The number of carbonyl (C=O) groups is 1. The van der Waals surface area contributed by atoms with Gasteiger partial charge in [0.25, 0.3) is 11.0 Å². The summed E-state index contributed by atoms with van der Waals surface area (Å²) >= 11 is 6.35. The van der Waals surface area contributed by atoms with Gasteiger partial charge in [0.1, 0.15) is 18.2 Å². The third-order valence-corrected chi connectivity index (χ3v) is 7.72. The van der Waals surface area contributed by atoms with E-state index in [2.05, 4.69) is 27.1 Å². The van der Waals surface area contributed by atoms with E-state index in [0.717, 1.165) is 6.07 Å². The number of rotatable bonds is 8. The minimum absolute atomic E-state index is 0.0570. The van der Waals surface area contributed by atoms with Crippen LogP contribution in [0.4, 0.5) is 4.39 Å². The summed E-state index contributed by atoms with van der Waals surface area (Å²) < 4.78 is 44.4. The Kier molecular flexibility index (Phi) is 8.88. The number of carbonyl (C=O) groups excluding carboxylic acids is 1. The summed E-state index contributed by atoms with van der Waals surface area (Å²) in [6.07, 6.45) is 0.159. The highest BCUT2D eigenvalue weighted by Gasteiger charge is 2.29. The maximum absolute atomic E-state index is 13.8. The van der Waals surface area contributed by atoms with Crippen LogP contribution in [0.2, 0.25) is 5.02 Å². The Morgan fingerprint density at radius 2 is 1.93 bits per heavy atom. The number of nitrogens with one attached hydrogen (secondary N) is 1. The summed E-state index contributed by atoms with van der Waals surface area (Å²) in [4.78, 5) is 32.2. The van der Waals surface area contributed by atoms with Gasteiger partial charge in [0.2, 0.25) is 5.88 Å². The van der Waals surface area contributed by atoms with E-state index in [-0.39, 0.29) is 60.0 Å². The number of hydrazine groups is 1. The molecule has 0 unspecified atom stereocenters. The van der Waals surface area contributed by atoms with Crippen molar-refractivity contribution in [1.82, 2.24) is 20.0 Å². The molecule has 0 bridgehead atoms. The van der Waals surface area contributed by atoms with E-state index in [9.17, 15) is 27.7 Å². The molecule has 2 heterocycles. The SMILES string of the molecule is COc1c(C(=O)NN2CCS(=O)(=O)CC2)nc(-c2ccc(F)cc2Cl)n1-c1ccc(C#CCCO[N+](=O)[O-])cc1. The van der Waals surface area contributed by atoms with Gasteiger partial charge >= 0.3 is 0 Å². The average molecular weight is 592 g/mol. The summed E-state index contributed by atoms with van der Waals surface area (Å²) in [6, 6.07) is 10.5. The molecule has 1 aromatic heterocycles. The molecule has 2 aromatic carbocycles. The zero-order valence-electron chi connectivity index (χ0n) is 21.1. The van der Waals surface area contributed by atoms with Crippen LogP contribution in [-0.2, 0) is 14.7 Å². The molecule has 210 valence electrons. The third kappa shape index (κ3) is 6.87. The van der Waals surface area contributed by atoms with E-state index in [4.69, 9.17) is 16.3 Å². The summed E-state index contributed by atoms with van der Waals surface area (Å²) in [5.74, 6) is 4.56. The number of methoxy groups -OCH3 is 1. The predicted octanol–water partition coefficient (Wildman–Crippen LogP) is 2.67. The normalized spacial score (nSPS) is 14.6. The van der Waals surface area contributed by atoms with Gasteiger partial charge in [-0.25, -0.2) is 22.8 Å².